The number of amides is 2. The molecule has 0 saturated heterocycles. The Morgan fingerprint density at radius 1 is 0.921 bits per heavy atom. The number of hydrogen-bond acceptors (Lipinski definition) is 5. The smallest absolute Gasteiger partial charge is 0.261 e. The lowest BCUT2D eigenvalue weighted by Crippen LogP contribution is -2.45. The Labute approximate surface area is 227 Å². The Morgan fingerprint density at radius 3 is 2.34 bits per heavy atom. The minimum absolute atomic E-state index is 0.175. The van der Waals surface area contributed by atoms with E-state index in [1.54, 1.807) is 43.8 Å². The van der Waals surface area contributed by atoms with Crippen LogP contribution in [0.2, 0.25) is 5.02 Å². The van der Waals surface area contributed by atoms with Crippen molar-refractivity contribution in [3.8, 4) is 11.5 Å². The first-order chi connectivity index (χ1) is 18.5. The Balaban J connectivity index is 1.64. The largest absolute Gasteiger partial charge is 0.497 e. The highest BCUT2D eigenvalue weighted by Gasteiger charge is 2.32. The highest BCUT2D eigenvalue weighted by atomic mass is 35.5. The molecule has 1 heterocycles. The van der Waals surface area contributed by atoms with Crippen LogP contribution >= 0.6 is 11.6 Å². The molecule has 0 aliphatic rings. The molecule has 0 bridgehead atoms. The third kappa shape index (κ3) is 7.11. The summed E-state index contributed by atoms with van der Waals surface area (Å²) >= 11 is 6.22. The summed E-state index contributed by atoms with van der Waals surface area (Å²) in [6.07, 6.45) is 3.36. The summed E-state index contributed by atoms with van der Waals surface area (Å²) in [5.74, 6) is 0.400. The Morgan fingerprint density at radius 2 is 1.66 bits per heavy atom. The first kappa shape index (κ1) is 26.7. The normalized spacial score (nSPS) is 11.3. The van der Waals surface area contributed by atoms with Gasteiger partial charge in [-0.05, 0) is 47.0 Å². The minimum atomic E-state index is -0.905. The zero-order valence-corrected chi connectivity index (χ0v) is 21.7. The molecule has 0 spiro atoms. The molecule has 0 fully saturated rings. The summed E-state index contributed by atoms with van der Waals surface area (Å²) in [6.45, 7) is 0.157. The van der Waals surface area contributed by atoms with Crippen molar-refractivity contribution < 1.29 is 19.1 Å². The monoisotopic (exact) mass is 529 g/mol. The van der Waals surface area contributed by atoms with Crippen molar-refractivity contribution in [1.29, 1.82) is 0 Å². The van der Waals surface area contributed by atoms with E-state index in [2.05, 4.69) is 10.3 Å². The van der Waals surface area contributed by atoms with Crippen LogP contribution in [0, 0.1) is 0 Å². The highest BCUT2D eigenvalue weighted by Crippen LogP contribution is 2.27. The average Bonchev–Trinajstić information content (AvgIpc) is 2.96. The van der Waals surface area contributed by atoms with Crippen molar-refractivity contribution >= 4 is 23.4 Å². The molecule has 2 amide bonds. The highest BCUT2D eigenvalue weighted by molar-refractivity contribution is 6.32. The van der Waals surface area contributed by atoms with Gasteiger partial charge in [0.2, 0.25) is 5.91 Å². The Hall–Kier alpha value is -4.36. The van der Waals surface area contributed by atoms with Gasteiger partial charge in [-0.3, -0.25) is 14.6 Å². The molecule has 1 atom stereocenters. The molecule has 7 nitrogen and oxygen atoms in total. The molecule has 4 rings (SSSR count). The molecular weight excluding hydrogens is 502 g/mol. The fourth-order valence-electron chi connectivity index (χ4n) is 3.93. The molecule has 3 aromatic carbocycles. The number of para-hydroxylation sites is 1. The quantitative estimate of drug-likeness (QED) is 0.288. The number of methoxy groups -OCH3 is 1. The molecular formula is C30H28ClN3O4. The lowest BCUT2D eigenvalue weighted by molar-refractivity contribution is -0.143. The topological polar surface area (TPSA) is 80.8 Å². The fourth-order valence-corrected chi connectivity index (χ4v) is 4.12. The van der Waals surface area contributed by atoms with Crippen molar-refractivity contribution in [2.45, 2.75) is 19.1 Å². The first-order valence-corrected chi connectivity index (χ1v) is 12.4. The van der Waals surface area contributed by atoms with E-state index in [4.69, 9.17) is 21.1 Å². The van der Waals surface area contributed by atoms with Crippen molar-refractivity contribution in [3.63, 3.8) is 0 Å². The summed E-state index contributed by atoms with van der Waals surface area (Å²) in [6, 6.07) is 26.3. The van der Waals surface area contributed by atoms with E-state index in [9.17, 15) is 9.59 Å². The molecule has 0 unspecified atom stereocenters. The van der Waals surface area contributed by atoms with Gasteiger partial charge in [0.15, 0.2) is 6.61 Å². The van der Waals surface area contributed by atoms with E-state index >= 15 is 0 Å². The van der Waals surface area contributed by atoms with Crippen LogP contribution in [-0.2, 0) is 22.7 Å². The molecule has 0 aliphatic heterocycles. The third-order valence-electron chi connectivity index (χ3n) is 5.88. The second kappa shape index (κ2) is 13.3. The number of rotatable bonds is 11. The van der Waals surface area contributed by atoms with Gasteiger partial charge < -0.3 is 19.7 Å². The van der Waals surface area contributed by atoms with Crippen LogP contribution in [0.4, 0.5) is 0 Å². The molecule has 0 saturated carbocycles. The Bertz CT molecular complexity index is 1330. The predicted octanol–water partition coefficient (Wildman–Crippen LogP) is 5.21. The van der Waals surface area contributed by atoms with E-state index < -0.39 is 6.04 Å². The molecule has 1 aromatic heterocycles. The van der Waals surface area contributed by atoms with E-state index in [-0.39, 0.29) is 31.5 Å². The van der Waals surface area contributed by atoms with Crippen molar-refractivity contribution in [2.75, 3.05) is 13.7 Å². The van der Waals surface area contributed by atoms with Gasteiger partial charge in [0, 0.05) is 25.5 Å². The zero-order chi connectivity index (χ0) is 26.7. The summed E-state index contributed by atoms with van der Waals surface area (Å²) in [7, 11) is 1.59. The fraction of sp³-hybridized carbons (Fsp3) is 0.167. The number of nitrogens with one attached hydrogen (secondary N) is 1. The number of carbonyl (C=O) groups excluding carboxylic acids is 2. The maximum absolute atomic E-state index is 13.7. The van der Waals surface area contributed by atoms with Gasteiger partial charge in [-0.25, -0.2) is 0 Å². The average molecular weight is 530 g/mol. The summed E-state index contributed by atoms with van der Waals surface area (Å²) in [5, 5.41) is 3.36. The number of hydrogen-bond donors (Lipinski definition) is 1. The van der Waals surface area contributed by atoms with Crippen LogP contribution < -0.4 is 14.8 Å². The van der Waals surface area contributed by atoms with Crippen LogP contribution in [0.15, 0.2) is 103 Å². The number of ether oxygens (including phenoxy) is 2. The Kier molecular flexibility index (Phi) is 9.32. The maximum atomic E-state index is 13.7. The zero-order valence-electron chi connectivity index (χ0n) is 20.9. The number of halogens is 1. The van der Waals surface area contributed by atoms with Gasteiger partial charge in [0.05, 0.1) is 12.1 Å². The van der Waals surface area contributed by atoms with Crippen molar-refractivity contribution in [3.05, 3.63) is 125 Å². The van der Waals surface area contributed by atoms with Crippen LogP contribution in [0.5, 0.6) is 11.5 Å². The first-order valence-electron chi connectivity index (χ1n) is 12.1. The van der Waals surface area contributed by atoms with Crippen LogP contribution in [0.25, 0.3) is 0 Å². The molecule has 0 radical (unpaired) electrons. The van der Waals surface area contributed by atoms with Gasteiger partial charge in [0.1, 0.15) is 17.5 Å². The summed E-state index contributed by atoms with van der Waals surface area (Å²) in [4.78, 5) is 33.0. The molecule has 0 aliphatic carbocycles. The van der Waals surface area contributed by atoms with Crippen molar-refractivity contribution in [1.82, 2.24) is 15.2 Å². The van der Waals surface area contributed by atoms with E-state index in [0.717, 1.165) is 11.1 Å². The SMILES string of the molecule is COc1ccc(CN(C(=O)COc2ccccc2Cl)[C@@H](C(=O)NCc2cccnc2)c2ccccc2)cc1. The van der Waals surface area contributed by atoms with Crippen LogP contribution in [0.1, 0.15) is 22.7 Å². The molecule has 4 aromatic rings. The van der Waals surface area contributed by atoms with Gasteiger partial charge in [-0.15, -0.1) is 0 Å². The van der Waals surface area contributed by atoms with E-state index in [1.807, 2.05) is 66.7 Å². The predicted molar refractivity (Wildman–Crippen MR) is 146 cm³/mol. The van der Waals surface area contributed by atoms with E-state index in [0.29, 0.717) is 22.1 Å². The second-order valence-corrected chi connectivity index (χ2v) is 8.89. The van der Waals surface area contributed by atoms with Crippen molar-refractivity contribution in [2.24, 2.45) is 0 Å². The van der Waals surface area contributed by atoms with Crippen LogP contribution in [0.3, 0.4) is 0 Å². The van der Waals surface area contributed by atoms with Crippen LogP contribution in [-0.4, -0.2) is 35.4 Å². The number of nitrogens with zero attached hydrogens (tertiary/aromatic N) is 2. The third-order valence-corrected chi connectivity index (χ3v) is 6.20. The number of benzene rings is 3. The minimum Gasteiger partial charge on any atom is -0.497 e. The molecule has 38 heavy (non-hydrogen) atoms. The molecule has 1 N–H and O–H groups in total. The number of aromatic nitrogens is 1. The molecule has 8 heteroatoms. The van der Waals surface area contributed by atoms with E-state index in [1.165, 1.54) is 4.90 Å². The summed E-state index contributed by atoms with van der Waals surface area (Å²) in [5.41, 5.74) is 2.36. The number of carbonyl (C=O) groups is 2. The number of pyridine rings is 1. The second-order valence-electron chi connectivity index (χ2n) is 8.48. The van der Waals surface area contributed by atoms with Gasteiger partial charge in [-0.1, -0.05) is 72.3 Å². The van der Waals surface area contributed by atoms with Gasteiger partial charge in [0.25, 0.3) is 5.91 Å². The summed E-state index contributed by atoms with van der Waals surface area (Å²) < 4.78 is 11.0. The molecule has 194 valence electrons. The maximum Gasteiger partial charge on any atom is 0.261 e. The van der Waals surface area contributed by atoms with Gasteiger partial charge in [-0.2, -0.15) is 0 Å². The standard InChI is InChI=1S/C30H28ClN3O4/c1-37-25-15-13-22(14-16-25)20-34(28(35)21-38-27-12-6-5-11-26(27)31)29(24-9-3-2-4-10-24)30(36)33-19-23-8-7-17-32-18-23/h2-18,29H,19-21H2,1H3,(H,33,36)/t29-/m1/s1. The van der Waals surface area contributed by atoms with Gasteiger partial charge >= 0.3 is 0 Å². The lowest BCUT2D eigenvalue weighted by atomic mass is 10.0. The lowest BCUT2D eigenvalue weighted by Gasteiger charge is -2.31.